The third kappa shape index (κ3) is 2.87. The molecule has 2 aliphatic rings. The standard InChI is InChI=1S/C19H20FN3O5/c1-22(2)17-15(18(24)23-7-11-9-27-19(25)12(11)8-23)16(28-21-17)10-4-5-13(20)14(6-10)26-3/h4-6,11-12H,7-9H2,1-3H3/t11-,12-/m1/s1. The first kappa shape index (κ1) is 18.3. The van der Waals surface area contributed by atoms with Gasteiger partial charge in [-0.3, -0.25) is 9.59 Å². The Morgan fingerprint density at radius 2 is 2.14 bits per heavy atom. The number of carbonyl (C=O) groups excluding carboxylic acids is 2. The zero-order chi connectivity index (χ0) is 20.0. The van der Waals surface area contributed by atoms with Gasteiger partial charge in [0, 0.05) is 38.7 Å². The van der Waals surface area contributed by atoms with Crippen molar-refractivity contribution in [1.82, 2.24) is 10.1 Å². The number of nitrogens with zero attached hydrogens (tertiary/aromatic N) is 3. The first-order valence-corrected chi connectivity index (χ1v) is 8.87. The molecule has 1 aromatic heterocycles. The third-order valence-electron chi connectivity index (χ3n) is 5.20. The van der Waals surface area contributed by atoms with Crippen molar-refractivity contribution < 1.29 is 28.0 Å². The van der Waals surface area contributed by atoms with Gasteiger partial charge in [-0.1, -0.05) is 5.16 Å². The smallest absolute Gasteiger partial charge is 0.311 e. The summed E-state index contributed by atoms with van der Waals surface area (Å²) in [5.41, 5.74) is 0.744. The molecule has 2 aromatic rings. The number of halogens is 1. The number of hydrogen-bond acceptors (Lipinski definition) is 7. The van der Waals surface area contributed by atoms with Crippen molar-refractivity contribution in [1.29, 1.82) is 0 Å². The molecule has 0 saturated carbocycles. The van der Waals surface area contributed by atoms with E-state index in [1.54, 1.807) is 23.9 Å². The molecule has 8 nitrogen and oxygen atoms in total. The van der Waals surface area contributed by atoms with E-state index in [1.807, 2.05) is 0 Å². The molecule has 0 radical (unpaired) electrons. The number of methoxy groups -OCH3 is 1. The zero-order valence-corrected chi connectivity index (χ0v) is 15.8. The molecule has 0 spiro atoms. The van der Waals surface area contributed by atoms with Gasteiger partial charge in [-0.25, -0.2) is 4.39 Å². The molecule has 28 heavy (non-hydrogen) atoms. The molecule has 148 valence electrons. The summed E-state index contributed by atoms with van der Waals surface area (Å²) >= 11 is 0. The van der Waals surface area contributed by atoms with Crippen molar-refractivity contribution in [3.8, 4) is 17.1 Å². The second-order valence-corrected chi connectivity index (χ2v) is 7.16. The first-order chi connectivity index (χ1) is 13.4. The van der Waals surface area contributed by atoms with Crippen LogP contribution in [0.2, 0.25) is 0 Å². The van der Waals surface area contributed by atoms with E-state index in [1.165, 1.54) is 25.3 Å². The van der Waals surface area contributed by atoms with E-state index in [-0.39, 0.29) is 40.8 Å². The average Bonchev–Trinajstić information content (AvgIpc) is 3.37. The molecule has 2 saturated heterocycles. The van der Waals surface area contributed by atoms with Gasteiger partial charge in [0.05, 0.1) is 19.6 Å². The number of carbonyl (C=O) groups is 2. The van der Waals surface area contributed by atoms with Crippen LogP contribution in [0.4, 0.5) is 10.2 Å². The van der Waals surface area contributed by atoms with Gasteiger partial charge < -0.3 is 23.8 Å². The third-order valence-corrected chi connectivity index (χ3v) is 5.20. The predicted molar refractivity (Wildman–Crippen MR) is 96.6 cm³/mol. The number of likely N-dealkylation sites (tertiary alicyclic amines) is 1. The topological polar surface area (TPSA) is 85.1 Å². The molecule has 1 aromatic carbocycles. The maximum atomic E-state index is 13.8. The van der Waals surface area contributed by atoms with Gasteiger partial charge in [-0.15, -0.1) is 0 Å². The van der Waals surface area contributed by atoms with Crippen molar-refractivity contribution >= 4 is 17.7 Å². The van der Waals surface area contributed by atoms with Gasteiger partial charge in [0.1, 0.15) is 5.56 Å². The Morgan fingerprint density at radius 1 is 1.36 bits per heavy atom. The van der Waals surface area contributed by atoms with Crippen LogP contribution in [0, 0.1) is 17.7 Å². The number of fused-ring (bicyclic) bond motifs is 1. The number of anilines is 1. The van der Waals surface area contributed by atoms with Crippen molar-refractivity contribution in [2.45, 2.75) is 0 Å². The van der Waals surface area contributed by atoms with Crippen LogP contribution in [0.1, 0.15) is 10.4 Å². The number of aromatic nitrogens is 1. The van der Waals surface area contributed by atoms with Gasteiger partial charge in [-0.2, -0.15) is 0 Å². The van der Waals surface area contributed by atoms with Crippen LogP contribution in [-0.2, 0) is 9.53 Å². The summed E-state index contributed by atoms with van der Waals surface area (Å²) in [6.45, 7) is 1.06. The van der Waals surface area contributed by atoms with E-state index in [2.05, 4.69) is 5.16 Å². The molecule has 2 atom stereocenters. The lowest BCUT2D eigenvalue weighted by molar-refractivity contribution is -0.141. The lowest BCUT2D eigenvalue weighted by atomic mass is 10.0. The molecule has 9 heteroatoms. The lowest BCUT2D eigenvalue weighted by Crippen LogP contribution is -2.32. The number of cyclic esters (lactones) is 1. The minimum absolute atomic E-state index is 0.00785. The number of hydrogen-bond donors (Lipinski definition) is 0. The fraction of sp³-hybridized carbons (Fsp3) is 0.421. The predicted octanol–water partition coefficient (Wildman–Crippen LogP) is 1.80. The second kappa shape index (κ2) is 6.81. The summed E-state index contributed by atoms with van der Waals surface area (Å²) in [7, 11) is 4.86. The number of esters is 1. The summed E-state index contributed by atoms with van der Waals surface area (Å²) in [6.07, 6.45) is 0. The highest BCUT2D eigenvalue weighted by molar-refractivity contribution is 6.04. The van der Waals surface area contributed by atoms with Crippen molar-refractivity contribution in [2.75, 3.05) is 45.8 Å². The molecule has 3 heterocycles. The van der Waals surface area contributed by atoms with E-state index in [0.29, 0.717) is 31.1 Å². The summed E-state index contributed by atoms with van der Waals surface area (Å²) in [4.78, 5) is 28.5. The number of benzene rings is 1. The average molecular weight is 389 g/mol. The Bertz CT molecular complexity index is 942. The van der Waals surface area contributed by atoms with Crippen molar-refractivity contribution in [3.05, 3.63) is 29.6 Å². The first-order valence-electron chi connectivity index (χ1n) is 8.87. The van der Waals surface area contributed by atoms with E-state index >= 15 is 0 Å². The molecule has 4 rings (SSSR count). The highest BCUT2D eigenvalue weighted by atomic mass is 19.1. The highest BCUT2D eigenvalue weighted by Gasteiger charge is 2.46. The Hall–Kier alpha value is -3.10. The van der Waals surface area contributed by atoms with Gasteiger partial charge in [0.15, 0.2) is 23.1 Å². The van der Waals surface area contributed by atoms with Crippen LogP contribution >= 0.6 is 0 Å². The second-order valence-electron chi connectivity index (χ2n) is 7.16. The van der Waals surface area contributed by atoms with E-state index < -0.39 is 5.82 Å². The van der Waals surface area contributed by atoms with E-state index in [0.717, 1.165) is 0 Å². The fourth-order valence-electron chi connectivity index (χ4n) is 3.71. The quantitative estimate of drug-likeness (QED) is 0.737. The minimum atomic E-state index is -0.516. The number of amides is 1. The molecule has 1 amide bonds. The largest absolute Gasteiger partial charge is 0.494 e. The summed E-state index contributed by atoms with van der Waals surface area (Å²) < 4.78 is 29.4. The summed E-state index contributed by atoms with van der Waals surface area (Å²) in [6, 6.07) is 4.21. The Kier molecular flexibility index (Phi) is 4.44. The van der Waals surface area contributed by atoms with E-state index in [4.69, 9.17) is 14.0 Å². The molecular formula is C19H20FN3O5. The van der Waals surface area contributed by atoms with Crippen LogP contribution in [0.25, 0.3) is 11.3 Å². The van der Waals surface area contributed by atoms with Crippen LogP contribution in [-0.4, -0.2) is 62.8 Å². The Morgan fingerprint density at radius 3 is 2.82 bits per heavy atom. The van der Waals surface area contributed by atoms with Crippen LogP contribution in [0.3, 0.4) is 0 Å². The molecule has 0 bridgehead atoms. The monoisotopic (exact) mass is 389 g/mol. The van der Waals surface area contributed by atoms with Gasteiger partial charge >= 0.3 is 5.97 Å². The number of rotatable bonds is 4. The molecular weight excluding hydrogens is 369 g/mol. The molecule has 0 aliphatic carbocycles. The lowest BCUT2D eigenvalue weighted by Gasteiger charge is -2.19. The normalized spacial score (nSPS) is 20.9. The Balaban J connectivity index is 1.73. The SMILES string of the molecule is COc1cc(-c2onc(N(C)C)c2C(=O)N2C[C@@H]3COC(=O)[C@@H]3C2)ccc1F. The Labute approximate surface area is 160 Å². The van der Waals surface area contributed by atoms with Crippen molar-refractivity contribution in [2.24, 2.45) is 11.8 Å². The molecule has 2 aliphatic heterocycles. The van der Waals surface area contributed by atoms with Crippen LogP contribution in [0.5, 0.6) is 5.75 Å². The maximum Gasteiger partial charge on any atom is 0.311 e. The van der Waals surface area contributed by atoms with Crippen LogP contribution < -0.4 is 9.64 Å². The van der Waals surface area contributed by atoms with Crippen molar-refractivity contribution in [3.63, 3.8) is 0 Å². The fourth-order valence-corrected chi connectivity index (χ4v) is 3.71. The minimum Gasteiger partial charge on any atom is -0.494 e. The highest BCUT2D eigenvalue weighted by Crippen LogP contribution is 2.37. The van der Waals surface area contributed by atoms with Crippen LogP contribution in [0.15, 0.2) is 22.7 Å². The molecule has 2 fully saturated rings. The zero-order valence-electron chi connectivity index (χ0n) is 15.8. The van der Waals surface area contributed by atoms with Gasteiger partial charge in [0.25, 0.3) is 5.91 Å². The summed E-state index contributed by atoms with van der Waals surface area (Å²) in [5, 5.41) is 4.03. The molecule has 0 unspecified atom stereocenters. The van der Waals surface area contributed by atoms with Gasteiger partial charge in [-0.05, 0) is 18.2 Å². The maximum absolute atomic E-state index is 13.8. The summed E-state index contributed by atoms with van der Waals surface area (Å²) in [5.74, 6) is -0.717. The van der Waals surface area contributed by atoms with E-state index in [9.17, 15) is 14.0 Å². The molecule has 0 N–H and O–H groups in total. The number of ether oxygens (including phenoxy) is 2. The van der Waals surface area contributed by atoms with Gasteiger partial charge in [0.2, 0.25) is 0 Å².